The molecule has 12 rings (SSSR count). The summed E-state index contributed by atoms with van der Waals surface area (Å²) in [6, 6.07) is 10.7. The molecule has 0 unspecified atom stereocenters. The zero-order valence-corrected chi connectivity index (χ0v) is 78.3. The largest absolute Gasteiger partial charge is 0.460 e. The van der Waals surface area contributed by atoms with Crippen molar-refractivity contribution in [2.75, 3.05) is 137 Å². The first-order valence-corrected chi connectivity index (χ1v) is 46.3. The molecule has 4 aromatic heterocycles. The molecule has 9 heterocycles. The summed E-state index contributed by atoms with van der Waals surface area (Å²) in [6.45, 7) is 17.9. The molecule has 36 heteroatoms. The van der Waals surface area contributed by atoms with Gasteiger partial charge in [0.05, 0.1) is 82.3 Å². The van der Waals surface area contributed by atoms with Gasteiger partial charge < -0.3 is 99.0 Å². The topological polar surface area (TPSA) is 448 Å². The van der Waals surface area contributed by atoms with Crippen molar-refractivity contribution in [1.29, 1.82) is 0 Å². The molecule has 6 aliphatic rings. The Balaban J connectivity index is 0.549. The fraction of sp³-hybridized carbons (Fsp3) is 0.604. The number of alkyl carbamates (subject to hydrolysis) is 1. The number of esters is 1. The molecule has 3 saturated heterocycles. The molecule has 6 aromatic rings. The van der Waals surface area contributed by atoms with Crippen LogP contribution in [0.5, 0.6) is 0 Å². The Bertz CT molecular complexity index is 5070. The Kier molecular flexibility index (Phi) is 36.1. The predicted molar refractivity (Wildman–Crippen MR) is 491 cm³/mol. The van der Waals surface area contributed by atoms with Crippen LogP contribution in [-0.2, 0) is 102 Å². The van der Waals surface area contributed by atoms with Crippen LogP contribution < -0.4 is 27.0 Å². The Hall–Kier alpha value is -10.5. The number of methoxy groups -OCH3 is 4. The van der Waals surface area contributed by atoms with Crippen molar-refractivity contribution in [3.05, 3.63) is 125 Å². The van der Waals surface area contributed by atoms with Gasteiger partial charge in [-0.1, -0.05) is 89.3 Å². The number of ketones is 2. The number of hydrogen-bond acceptors (Lipinski definition) is 30. The highest BCUT2D eigenvalue weighted by Crippen LogP contribution is 2.40. The minimum Gasteiger partial charge on any atom is -0.460 e. The molecule has 4 fully saturated rings. The van der Waals surface area contributed by atoms with Gasteiger partial charge in [0.1, 0.15) is 53.8 Å². The molecule has 1 saturated carbocycles. The lowest BCUT2D eigenvalue weighted by Gasteiger charge is -2.43. The van der Waals surface area contributed by atoms with E-state index < -0.39 is 102 Å². The number of carbonyl (C=O) groups is 8. The van der Waals surface area contributed by atoms with E-state index in [1.165, 1.54) is 23.9 Å². The van der Waals surface area contributed by atoms with Gasteiger partial charge in [-0.25, -0.2) is 34.2 Å². The molecular weight excluding hydrogens is 1700 g/mol. The van der Waals surface area contributed by atoms with E-state index in [1.807, 2.05) is 104 Å². The normalized spacial score (nSPS) is 27.0. The van der Waals surface area contributed by atoms with Gasteiger partial charge in [0, 0.05) is 141 Å². The Morgan fingerprint density at radius 3 is 2.25 bits per heavy atom. The van der Waals surface area contributed by atoms with Gasteiger partial charge in [-0.2, -0.15) is 10.1 Å². The summed E-state index contributed by atoms with van der Waals surface area (Å²) in [5.74, 6) is -7.09. The van der Waals surface area contributed by atoms with Crippen LogP contribution in [0, 0.1) is 35.5 Å². The van der Waals surface area contributed by atoms with Gasteiger partial charge in [0.2, 0.25) is 29.5 Å². The van der Waals surface area contributed by atoms with Crippen LogP contribution in [0.15, 0.2) is 107 Å². The predicted octanol–water partition coefficient (Wildman–Crippen LogP) is 8.22. The second kappa shape index (κ2) is 47.4. The number of cyclic esters (lactones) is 1. The number of nitrogens with zero attached hydrogens (tertiary/aromatic N) is 12. The number of oxazole rings is 1. The van der Waals surface area contributed by atoms with Crippen molar-refractivity contribution in [2.45, 2.75) is 219 Å². The Morgan fingerprint density at radius 2 is 1.50 bits per heavy atom. The average Bonchev–Trinajstić information content (AvgIpc) is 1.51. The first-order valence-electron chi connectivity index (χ1n) is 46.3. The molecule has 36 nitrogen and oxygen atoms in total. The van der Waals surface area contributed by atoms with E-state index in [0.29, 0.717) is 167 Å². The number of ether oxygens (including phenoxy) is 9. The summed E-state index contributed by atoms with van der Waals surface area (Å²) < 4.78 is 61.5. The SMILES string of the molecule is CO[C@H]1C[C@@H]2CC[C@@H](C)[C@@](O)(O2)C(=O)C(=O)N2CCCC[C@H]2C(=O)O[C@H]([C@H](C)C[C@@H]2CC[C@@H](OC(=O)NCc3cnc(N4CCN(C(=O)CN(C)CC(=O)NCCOCCOCCC(=O)N5CCc6cc(Cn7nc(-c8ccc9oc(N)nc9c8)c8c(N)ncnc87)ccc6C5)CC4)nc3)[C@H](OC)C2)C[C@@H](OC)[C@H](C)/C=C(\C)[C@@H](O)[C@@H](OC)C(=O)[C@H](C)C[C@H](C)/C=C/C=CC=C1C. The third kappa shape index (κ3) is 26.1. The second-order valence-electron chi connectivity index (χ2n) is 36.4. The molecule has 0 radical (unpaired) electrons. The number of benzene rings is 2. The first kappa shape index (κ1) is 100. The van der Waals surface area contributed by atoms with Crippen LogP contribution in [0.4, 0.5) is 22.6 Å². The highest BCUT2D eigenvalue weighted by atomic mass is 16.6. The van der Waals surface area contributed by atoms with Crippen LogP contribution >= 0.6 is 0 Å². The summed E-state index contributed by atoms with van der Waals surface area (Å²) in [5.41, 5.74) is 20.6. The number of nitrogen functional groups attached to an aromatic ring is 2. The number of aromatic nitrogens is 7. The number of likely N-dealkylation sites (N-methyl/N-ethyl adjacent to an activating group) is 1. The lowest BCUT2D eigenvalue weighted by Crippen LogP contribution is -2.61. The number of aliphatic hydroxyl groups excluding tert-OH is 1. The minimum absolute atomic E-state index is 0.00106. The number of nitrogens with one attached hydrogen (secondary N) is 2. The molecule has 2 aromatic carbocycles. The highest BCUT2D eigenvalue weighted by Gasteiger charge is 2.53. The molecule has 5 aliphatic heterocycles. The molecule has 0 spiro atoms. The lowest BCUT2D eigenvalue weighted by atomic mass is 9.78. The van der Waals surface area contributed by atoms with Gasteiger partial charge in [0.25, 0.3) is 17.7 Å². The number of fused-ring (bicyclic) bond motifs is 6. The van der Waals surface area contributed by atoms with E-state index >= 15 is 0 Å². The molecule has 132 heavy (non-hydrogen) atoms. The van der Waals surface area contributed by atoms with Crippen molar-refractivity contribution < 1.29 is 95.6 Å². The first-order chi connectivity index (χ1) is 63.4. The number of Topliss-reactive ketones (excluding diaryl/α,β-unsaturated/α-hetero) is 2. The molecule has 16 atom stereocenters. The molecule has 1 aliphatic carbocycles. The van der Waals surface area contributed by atoms with Crippen LogP contribution in [0.25, 0.3) is 33.4 Å². The van der Waals surface area contributed by atoms with E-state index in [-0.39, 0.29) is 126 Å². The molecule has 5 amide bonds. The van der Waals surface area contributed by atoms with E-state index in [2.05, 4.69) is 47.7 Å². The van der Waals surface area contributed by atoms with Gasteiger partial charge in [-0.15, -0.1) is 0 Å². The number of piperazine rings is 1. The maximum Gasteiger partial charge on any atom is 0.407 e. The van der Waals surface area contributed by atoms with Crippen LogP contribution in [0.1, 0.15) is 154 Å². The summed E-state index contributed by atoms with van der Waals surface area (Å²) in [5, 5.41) is 35.3. The molecule has 2 bridgehead atoms. The summed E-state index contributed by atoms with van der Waals surface area (Å²) in [6.07, 6.45) is 15.7. The van der Waals surface area contributed by atoms with Gasteiger partial charge in [0.15, 0.2) is 17.0 Å². The zero-order valence-electron chi connectivity index (χ0n) is 78.3. The number of nitrogens with two attached hydrogens (primary N) is 2. The Labute approximate surface area is 771 Å². The summed E-state index contributed by atoms with van der Waals surface area (Å²) >= 11 is 0. The van der Waals surface area contributed by atoms with Gasteiger partial charge in [-0.05, 0) is 155 Å². The van der Waals surface area contributed by atoms with Crippen molar-refractivity contribution in [3.63, 3.8) is 0 Å². The van der Waals surface area contributed by atoms with E-state index in [9.17, 15) is 48.6 Å². The molecule has 8 N–H and O–H groups in total. The molecular formula is C96H134N16O20. The summed E-state index contributed by atoms with van der Waals surface area (Å²) in [4.78, 5) is 142. The quantitative estimate of drug-likeness (QED) is 0.0122. The number of amides is 5. The molecule has 718 valence electrons. The zero-order chi connectivity index (χ0) is 94.5. The lowest BCUT2D eigenvalue weighted by molar-refractivity contribution is -0.265. The van der Waals surface area contributed by atoms with Gasteiger partial charge in [-0.3, -0.25) is 33.7 Å². The summed E-state index contributed by atoms with van der Waals surface area (Å²) in [7, 11) is 7.84. The van der Waals surface area contributed by atoms with Gasteiger partial charge >= 0.3 is 12.1 Å². The van der Waals surface area contributed by atoms with Crippen molar-refractivity contribution in [1.82, 2.24) is 64.9 Å². The number of carbonyl (C=O) groups excluding carboxylic acids is 8. The minimum atomic E-state index is -2.47. The average molecular weight is 1830 g/mol. The van der Waals surface area contributed by atoms with E-state index in [4.69, 9.17) is 63.6 Å². The third-order valence-electron chi connectivity index (χ3n) is 26.6. The number of anilines is 3. The van der Waals surface area contributed by atoms with E-state index in [1.54, 1.807) is 70.5 Å². The van der Waals surface area contributed by atoms with Crippen LogP contribution in [-0.4, -0.2) is 293 Å². The second-order valence-corrected chi connectivity index (χ2v) is 36.4. The number of piperidine rings is 1. The number of rotatable bonds is 27. The van der Waals surface area contributed by atoms with Crippen LogP contribution in [0.3, 0.4) is 0 Å². The van der Waals surface area contributed by atoms with Crippen molar-refractivity contribution >= 4 is 87.2 Å². The number of hydrogen-bond donors (Lipinski definition) is 6. The van der Waals surface area contributed by atoms with Crippen molar-refractivity contribution in [3.8, 4) is 11.3 Å². The van der Waals surface area contributed by atoms with Crippen molar-refractivity contribution in [2.24, 2.45) is 35.5 Å². The number of aliphatic hydroxyl groups is 2. The third-order valence-corrected chi connectivity index (χ3v) is 26.6. The van der Waals surface area contributed by atoms with E-state index in [0.717, 1.165) is 22.3 Å². The maximum absolute atomic E-state index is 15.0. The fourth-order valence-corrected chi connectivity index (χ4v) is 18.9. The maximum atomic E-state index is 15.0. The monoisotopic (exact) mass is 1830 g/mol. The van der Waals surface area contributed by atoms with Crippen LogP contribution in [0.2, 0.25) is 0 Å². The smallest absolute Gasteiger partial charge is 0.407 e. The standard InChI is InChI=1S/C96H134N16O20/c1-58-18-14-13-15-19-59(2)76(123-9)48-71-26-21-64(7)96(122,132-71)88(118)91(119)111-32-17-16-20-73(111)92(120)129-78(49-77(124-10)60(3)43-63(6)86(117)87(126-12)85(116)62(5)42-58)61(4)44-65-23-27-75(79(46-65)125-11)131-95(121)102-52-67-50-100-94(101-51-67)109-36-34-108(35-37-109)82(115)56-107(8)55-80(113)99-31-39-128-41-40-127-38-30-81(114)110-33-29-68-45-66(22-24-70(68)54-110)53-112-90-83(89(97)103-57-104-90)84(106-112)69-25-28-74-72(47-69)105-93(98)130-74/h13-15,18-19,22,24-25,28,43,45,47,50-51,57-58,60-62,64-65,71,73,75-79,86-87,117,122H,16-17,20-21,23,26-27,29-42,44,46,48-49,52-56H2,1-12H3,(H2,98,105)(H,99,113)(H,102,121)(H2,97,103,104)/b15-13?,18-14+,59-19?,63-43+/t58-,60-,61-,62-,64-,65+,71+,73+,75-,76+,77-,78+,79-,86-,87+,96-/m1/s1. The fourth-order valence-electron chi connectivity index (χ4n) is 18.9. The highest BCUT2D eigenvalue weighted by molar-refractivity contribution is 6.39. The Morgan fingerprint density at radius 1 is 0.735 bits per heavy atom. The number of allylic oxidation sites excluding steroid dienone is 5.